The minimum atomic E-state index is -4.46. The average molecular weight is 331 g/mol. The number of rotatable bonds is 3. The van der Waals surface area contributed by atoms with Crippen LogP contribution in [0, 0.1) is 0 Å². The van der Waals surface area contributed by atoms with Gasteiger partial charge in [-0.1, -0.05) is 12.1 Å². The number of aliphatic hydroxyl groups excluding tert-OH is 1. The van der Waals surface area contributed by atoms with E-state index < -0.39 is 35.4 Å². The SMILES string of the molecule is CC(C)(O)CC(=O)N1C[C@@H](O)C[C@@H]1c1cccc(C(F)(F)F)c1. The van der Waals surface area contributed by atoms with Gasteiger partial charge < -0.3 is 15.1 Å². The van der Waals surface area contributed by atoms with Crippen LogP contribution in [0.25, 0.3) is 0 Å². The summed E-state index contributed by atoms with van der Waals surface area (Å²) >= 11 is 0. The molecule has 1 amide bonds. The molecule has 0 radical (unpaired) electrons. The summed E-state index contributed by atoms with van der Waals surface area (Å²) in [5, 5.41) is 19.6. The van der Waals surface area contributed by atoms with Crippen molar-refractivity contribution in [2.45, 2.75) is 50.6 Å². The lowest BCUT2D eigenvalue weighted by molar-refractivity contribution is -0.137. The van der Waals surface area contributed by atoms with Crippen LogP contribution in [0.2, 0.25) is 0 Å². The summed E-state index contributed by atoms with van der Waals surface area (Å²) in [5.41, 5.74) is -1.67. The molecule has 7 heteroatoms. The Balaban J connectivity index is 2.28. The third-order valence-corrected chi connectivity index (χ3v) is 3.78. The van der Waals surface area contributed by atoms with Crippen molar-refractivity contribution in [1.29, 1.82) is 0 Å². The summed E-state index contributed by atoms with van der Waals surface area (Å²) in [6, 6.07) is 4.16. The molecular weight excluding hydrogens is 311 g/mol. The first-order chi connectivity index (χ1) is 10.5. The summed E-state index contributed by atoms with van der Waals surface area (Å²) in [6.07, 6.45) is -5.23. The van der Waals surface area contributed by atoms with Crippen LogP contribution in [-0.2, 0) is 11.0 Å². The highest BCUT2D eigenvalue weighted by atomic mass is 19.4. The van der Waals surface area contributed by atoms with Crippen molar-refractivity contribution in [2.75, 3.05) is 6.54 Å². The predicted molar refractivity (Wildman–Crippen MR) is 77.4 cm³/mol. The molecule has 0 saturated carbocycles. The van der Waals surface area contributed by atoms with E-state index in [1.807, 2.05) is 0 Å². The first-order valence-electron chi connectivity index (χ1n) is 7.34. The summed E-state index contributed by atoms with van der Waals surface area (Å²) in [6.45, 7) is 3.02. The predicted octanol–water partition coefficient (Wildman–Crippen LogP) is 2.50. The maximum absolute atomic E-state index is 12.8. The summed E-state index contributed by atoms with van der Waals surface area (Å²) in [7, 11) is 0. The van der Waals surface area contributed by atoms with Crippen molar-refractivity contribution in [3.63, 3.8) is 0 Å². The fourth-order valence-electron chi connectivity index (χ4n) is 2.80. The minimum absolute atomic E-state index is 0.0514. The molecular formula is C16H20F3NO3. The molecule has 0 aliphatic carbocycles. The molecule has 0 bridgehead atoms. The lowest BCUT2D eigenvalue weighted by Crippen LogP contribution is -2.36. The molecule has 1 saturated heterocycles. The van der Waals surface area contributed by atoms with Crippen molar-refractivity contribution in [1.82, 2.24) is 4.90 Å². The molecule has 1 aromatic carbocycles. The maximum atomic E-state index is 12.8. The Hall–Kier alpha value is -1.60. The van der Waals surface area contributed by atoms with Crippen molar-refractivity contribution in [3.05, 3.63) is 35.4 Å². The zero-order valence-corrected chi connectivity index (χ0v) is 13.0. The monoisotopic (exact) mass is 331 g/mol. The first kappa shape index (κ1) is 17.7. The van der Waals surface area contributed by atoms with Crippen molar-refractivity contribution < 1.29 is 28.2 Å². The highest BCUT2D eigenvalue weighted by molar-refractivity contribution is 5.78. The average Bonchev–Trinajstić information content (AvgIpc) is 2.78. The van der Waals surface area contributed by atoms with Gasteiger partial charge in [-0.3, -0.25) is 4.79 Å². The Bertz CT molecular complexity index is 581. The van der Waals surface area contributed by atoms with Crippen molar-refractivity contribution in [2.24, 2.45) is 0 Å². The number of alkyl halides is 3. The van der Waals surface area contributed by atoms with Crippen LogP contribution in [0.4, 0.5) is 13.2 Å². The summed E-state index contributed by atoms with van der Waals surface area (Å²) in [5.74, 6) is -0.392. The zero-order valence-electron chi connectivity index (χ0n) is 13.0. The standard InChI is InChI=1S/C16H20F3NO3/c1-15(2,23)8-14(22)20-9-12(21)7-13(20)10-4-3-5-11(6-10)16(17,18)19/h3-6,12-13,21,23H,7-9H2,1-2H3/t12-,13+/m0/s1. The number of halogens is 3. The van der Waals surface area contributed by atoms with Crippen LogP contribution in [0.3, 0.4) is 0 Å². The van der Waals surface area contributed by atoms with Gasteiger partial charge in [-0.15, -0.1) is 0 Å². The number of benzene rings is 1. The minimum Gasteiger partial charge on any atom is -0.391 e. The van der Waals surface area contributed by atoms with Gasteiger partial charge in [-0.25, -0.2) is 0 Å². The number of carbonyl (C=O) groups is 1. The number of aliphatic hydroxyl groups is 2. The smallest absolute Gasteiger partial charge is 0.391 e. The van der Waals surface area contributed by atoms with Crippen LogP contribution < -0.4 is 0 Å². The van der Waals surface area contributed by atoms with Gasteiger partial charge in [0.05, 0.1) is 29.7 Å². The molecule has 2 N–H and O–H groups in total. The molecule has 0 unspecified atom stereocenters. The Kier molecular flexibility index (Phi) is 4.73. The van der Waals surface area contributed by atoms with Crippen LogP contribution in [0.15, 0.2) is 24.3 Å². The van der Waals surface area contributed by atoms with Crippen molar-refractivity contribution >= 4 is 5.91 Å². The number of amides is 1. The Labute approximate surface area is 132 Å². The molecule has 2 atom stereocenters. The third-order valence-electron chi connectivity index (χ3n) is 3.78. The molecule has 128 valence electrons. The van der Waals surface area contributed by atoms with E-state index in [1.54, 1.807) is 0 Å². The van der Waals surface area contributed by atoms with Gasteiger partial charge in [-0.2, -0.15) is 13.2 Å². The van der Waals surface area contributed by atoms with Crippen LogP contribution in [0.1, 0.15) is 43.9 Å². The molecule has 1 aromatic rings. The first-order valence-corrected chi connectivity index (χ1v) is 7.34. The molecule has 2 rings (SSSR count). The lowest BCUT2D eigenvalue weighted by atomic mass is 9.99. The van der Waals surface area contributed by atoms with Crippen LogP contribution in [0.5, 0.6) is 0 Å². The molecule has 1 fully saturated rings. The molecule has 0 spiro atoms. The van der Waals surface area contributed by atoms with E-state index >= 15 is 0 Å². The number of hydrogen-bond donors (Lipinski definition) is 2. The van der Waals surface area contributed by atoms with E-state index in [0.29, 0.717) is 5.56 Å². The maximum Gasteiger partial charge on any atom is 0.416 e. The zero-order chi connectivity index (χ0) is 17.4. The van der Waals surface area contributed by atoms with Crippen LogP contribution >= 0.6 is 0 Å². The number of carbonyl (C=O) groups excluding carboxylic acids is 1. The Morgan fingerprint density at radius 3 is 2.57 bits per heavy atom. The van der Waals surface area contributed by atoms with Crippen LogP contribution in [-0.4, -0.2) is 39.3 Å². The summed E-state index contributed by atoms with van der Waals surface area (Å²) in [4.78, 5) is 13.7. The molecule has 1 heterocycles. The topological polar surface area (TPSA) is 60.8 Å². The van der Waals surface area contributed by atoms with Gasteiger partial charge in [-0.05, 0) is 38.0 Å². The molecule has 4 nitrogen and oxygen atoms in total. The quantitative estimate of drug-likeness (QED) is 0.895. The number of nitrogens with zero attached hydrogens (tertiary/aromatic N) is 1. The van der Waals surface area contributed by atoms with Gasteiger partial charge in [0.2, 0.25) is 5.91 Å². The lowest BCUT2D eigenvalue weighted by Gasteiger charge is -2.28. The van der Waals surface area contributed by atoms with E-state index in [0.717, 1.165) is 12.1 Å². The van der Waals surface area contributed by atoms with E-state index in [1.165, 1.54) is 30.9 Å². The Morgan fingerprint density at radius 2 is 2.00 bits per heavy atom. The van der Waals surface area contributed by atoms with Gasteiger partial charge in [0, 0.05) is 6.54 Å². The fourth-order valence-corrected chi connectivity index (χ4v) is 2.80. The van der Waals surface area contributed by atoms with Gasteiger partial charge in [0.15, 0.2) is 0 Å². The number of likely N-dealkylation sites (tertiary alicyclic amines) is 1. The largest absolute Gasteiger partial charge is 0.416 e. The van der Waals surface area contributed by atoms with Gasteiger partial charge >= 0.3 is 6.18 Å². The normalized spacial score (nSPS) is 22.5. The van der Waals surface area contributed by atoms with E-state index in [-0.39, 0.29) is 19.4 Å². The summed E-state index contributed by atoms with van der Waals surface area (Å²) < 4.78 is 38.5. The van der Waals surface area contributed by atoms with E-state index in [4.69, 9.17) is 0 Å². The second-order valence-electron chi connectivity index (χ2n) is 6.56. The second-order valence-corrected chi connectivity index (χ2v) is 6.56. The highest BCUT2D eigenvalue weighted by Gasteiger charge is 2.38. The van der Waals surface area contributed by atoms with E-state index in [9.17, 15) is 28.2 Å². The van der Waals surface area contributed by atoms with E-state index in [2.05, 4.69) is 0 Å². The number of hydrogen-bond acceptors (Lipinski definition) is 3. The number of β-amino-alcohol motifs (C(OH)–C–C–N with tert-alkyl or cyclic N) is 1. The van der Waals surface area contributed by atoms with Gasteiger partial charge in [0.1, 0.15) is 0 Å². The molecule has 1 aliphatic heterocycles. The molecule has 23 heavy (non-hydrogen) atoms. The Morgan fingerprint density at radius 1 is 1.35 bits per heavy atom. The van der Waals surface area contributed by atoms with Crippen molar-refractivity contribution in [3.8, 4) is 0 Å². The third kappa shape index (κ3) is 4.45. The fraction of sp³-hybridized carbons (Fsp3) is 0.562. The highest BCUT2D eigenvalue weighted by Crippen LogP contribution is 2.36. The molecule has 1 aliphatic rings. The van der Waals surface area contributed by atoms with Gasteiger partial charge in [0.25, 0.3) is 0 Å². The second kappa shape index (κ2) is 6.13. The molecule has 0 aromatic heterocycles.